The molecule has 0 fully saturated rings. The highest BCUT2D eigenvalue weighted by Gasteiger charge is 2.16. The molecule has 1 unspecified atom stereocenters. The zero-order valence-corrected chi connectivity index (χ0v) is 17.1. The molecule has 5 heteroatoms. The molecule has 1 aliphatic rings. The molecule has 0 saturated carbocycles. The quantitative estimate of drug-likeness (QED) is 0.499. The van der Waals surface area contributed by atoms with Crippen LogP contribution in [0, 0.1) is 0 Å². The molecule has 0 radical (unpaired) electrons. The first-order chi connectivity index (χ1) is 14.6. The lowest BCUT2D eigenvalue weighted by molar-refractivity contribution is -0.117. The average molecular weight is 408 g/mol. The van der Waals surface area contributed by atoms with Gasteiger partial charge in [0.25, 0.3) is 0 Å². The summed E-state index contributed by atoms with van der Waals surface area (Å²) in [6.07, 6.45) is 6.41. The van der Waals surface area contributed by atoms with E-state index in [0.717, 1.165) is 30.5 Å². The van der Waals surface area contributed by atoms with Gasteiger partial charge < -0.3 is 15.3 Å². The van der Waals surface area contributed by atoms with E-state index in [-0.39, 0.29) is 12.4 Å². The Labute approximate surface area is 177 Å². The minimum Gasteiger partial charge on any atom is -0.394 e. The van der Waals surface area contributed by atoms with Gasteiger partial charge in [-0.3, -0.25) is 9.69 Å². The molecule has 0 bridgehead atoms. The molecule has 0 aliphatic heterocycles. The normalized spacial score (nSPS) is 14.2. The Morgan fingerprint density at radius 2 is 1.87 bits per heavy atom. The summed E-state index contributed by atoms with van der Waals surface area (Å²) in [5.74, 6) is -0.328. The number of rotatable bonds is 11. The number of hydrogen-bond acceptors (Lipinski definition) is 5. The average Bonchev–Trinajstić information content (AvgIpc) is 3.19. The highest BCUT2D eigenvalue weighted by molar-refractivity contribution is 5.94. The van der Waals surface area contributed by atoms with E-state index in [0.29, 0.717) is 13.1 Å². The topological polar surface area (TPSA) is 81.0 Å². The fraction of sp³-hybridized carbons (Fsp3) is 0.320. The molecular weight excluding hydrogens is 378 g/mol. The number of carbonyl (C=O) groups is 1. The van der Waals surface area contributed by atoms with Gasteiger partial charge in [-0.2, -0.15) is 0 Å². The molecule has 0 spiro atoms. The Bertz CT molecular complexity index is 902. The van der Waals surface area contributed by atoms with Crippen molar-refractivity contribution >= 4 is 17.4 Å². The maximum atomic E-state index is 11.2. The maximum Gasteiger partial charge on any atom is 0.181 e. The minimum absolute atomic E-state index is 0.259. The number of aliphatic hydroxyl groups is 3. The molecule has 3 rings (SSSR count). The highest BCUT2D eigenvalue weighted by atomic mass is 16.3. The van der Waals surface area contributed by atoms with Crippen LogP contribution in [-0.2, 0) is 17.8 Å². The fourth-order valence-corrected chi connectivity index (χ4v) is 3.69. The molecule has 158 valence electrons. The summed E-state index contributed by atoms with van der Waals surface area (Å²) in [5.41, 5.74) is 5.98. The first-order valence-electron chi connectivity index (χ1n) is 10.3. The number of benzene rings is 2. The van der Waals surface area contributed by atoms with Crippen LogP contribution in [0.5, 0.6) is 0 Å². The van der Waals surface area contributed by atoms with Crippen molar-refractivity contribution in [3.63, 3.8) is 0 Å². The predicted octanol–water partition coefficient (Wildman–Crippen LogP) is 2.45. The summed E-state index contributed by atoms with van der Waals surface area (Å²) in [7, 11) is 0. The van der Waals surface area contributed by atoms with Crippen LogP contribution in [0.25, 0.3) is 11.6 Å². The first-order valence-corrected chi connectivity index (χ1v) is 10.3. The van der Waals surface area contributed by atoms with Gasteiger partial charge in [0.05, 0.1) is 12.7 Å². The van der Waals surface area contributed by atoms with Gasteiger partial charge >= 0.3 is 0 Å². The third-order valence-electron chi connectivity index (χ3n) is 5.31. The van der Waals surface area contributed by atoms with Crippen LogP contribution in [0.2, 0.25) is 0 Å². The van der Waals surface area contributed by atoms with E-state index in [1.807, 2.05) is 24.3 Å². The molecule has 2 aromatic rings. The third kappa shape index (κ3) is 6.21. The second kappa shape index (κ2) is 11.0. The molecule has 5 nitrogen and oxygen atoms in total. The number of allylic oxidation sites excluding steroid dienone is 1. The lowest BCUT2D eigenvalue weighted by atomic mass is 10.0. The van der Waals surface area contributed by atoms with Crippen molar-refractivity contribution in [3.8, 4) is 0 Å². The van der Waals surface area contributed by atoms with Crippen LogP contribution in [0.3, 0.4) is 0 Å². The lowest BCUT2D eigenvalue weighted by Gasteiger charge is -2.25. The number of fused-ring (bicyclic) bond motifs is 1. The fourth-order valence-electron chi connectivity index (χ4n) is 3.69. The Balaban J connectivity index is 1.62. The largest absolute Gasteiger partial charge is 0.394 e. The maximum absolute atomic E-state index is 11.2. The SMILES string of the molecule is O=C(/C=C/c1ccc(CN(CCC2=CCc3ccccc32)CC(O)CO)cc1)CO. The van der Waals surface area contributed by atoms with Crippen LogP contribution in [0.1, 0.15) is 28.7 Å². The Morgan fingerprint density at radius 3 is 2.60 bits per heavy atom. The molecule has 3 N–H and O–H groups in total. The predicted molar refractivity (Wildman–Crippen MR) is 119 cm³/mol. The molecule has 1 atom stereocenters. The number of aliphatic hydroxyl groups excluding tert-OH is 3. The van der Waals surface area contributed by atoms with Crippen LogP contribution in [0.4, 0.5) is 0 Å². The summed E-state index contributed by atoms with van der Waals surface area (Å²) in [6.45, 7) is 1.09. The lowest BCUT2D eigenvalue weighted by Crippen LogP contribution is -2.34. The first kappa shape index (κ1) is 22.1. The molecule has 1 aliphatic carbocycles. The standard InChI is InChI=1S/C25H29NO4/c27-17-23(29)12-9-19-5-7-20(8-6-19)15-26(16-24(30)18-28)14-13-22-11-10-21-3-1-2-4-25(21)22/h1-9,11-12,24,27-28,30H,10,13-18H2/b12-9+. The van der Waals surface area contributed by atoms with E-state index in [9.17, 15) is 15.0 Å². The number of hydrogen-bond donors (Lipinski definition) is 3. The molecule has 2 aromatic carbocycles. The van der Waals surface area contributed by atoms with Gasteiger partial charge in [0.1, 0.15) is 6.61 Å². The van der Waals surface area contributed by atoms with Crippen LogP contribution >= 0.6 is 0 Å². The van der Waals surface area contributed by atoms with Crippen molar-refractivity contribution in [1.82, 2.24) is 4.90 Å². The van der Waals surface area contributed by atoms with Crippen molar-refractivity contribution in [1.29, 1.82) is 0 Å². The molecular formula is C25H29NO4. The molecule has 0 heterocycles. The van der Waals surface area contributed by atoms with Gasteiger partial charge in [-0.05, 0) is 46.7 Å². The van der Waals surface area contributed by atoms with E-state index in [4.69, 9.17) is 5.11 Å². The van der Waals surface area contributed by atoms with Crippen molar-refractivity contribution < 1.29 is 20.1 Å². The zero-order valence-electron chi connectivity index (χ0n) is 17.1. The Hall–Kier alpha value is -2.57. The van der Waals surface area contributed by atoms with Gasteiger partial charge in [-0.1, -0.05) is 60.7 Å². The Kier molecular flexibility index (Phi) is 8.11. The number of nitrogens with zero attached hydrogens (tertiary/aromatic N) is 1. The molecule has 0 aromatic heterocycles. The van der Waals surface area contributed by atoms with Gasteiger partial charge in [0, 0.05) is 19.6 Å². The van der Waals surface area contributed by atoms with Crippen molar-refractivity contribution in [3.05, 3.63) is 82.9 Å². The minimum atomic E-state index is -0.776. The monoisotopic (exact) mass is 407 g/mol. The summed E-state index contributed by atoms with van der Waals surface area (Å²) in [6, 6.07) is 16.3. The van der Waals surface area contributed by atoms with E-state index in [1.54, 1.807) is 6.08 Å². The summed E-state index contributed by atoms with van der Waals surface area (Å²) < 4.78 is 0. The summed E-state index contributed by atoms with van der Waals surface area (Å²) in [5, 5.41) is 28.0. The third-order valence-corrected chi connectivity index (χ3v) is 5.31. The smallest absolute Gasteiger partial charge is 0.181 e. The van der Waals surface area contributed by atoms with E-state index < -0.39 is 12.7 Å². The van der Waals surface area contributed by atoms with Gasteiger partial charge in [-0.25, -0.2) is 0 Å². The van der Waals surface area contributed by atoms with E-state index in [2.05, 4.69) is 35.2 Å². The van der Waals surface area contributed by atoms with Crippen LogP contribution in [0.15, 0.2) is 60.7 Å². The second-order valence-electron chi connectivity index (χ2n) is 7.61. The summed E-state index contributed by atoms with van der Waals surface area (Å²) in [4.78, 5) is 13.4. The molecule has 0 saturated heterocycles. The second-order valence-corrected chi connectivity index (χ2v) is 7.61. The van der Waals surface area contributed by atoms with Crippen LogP contribution in [-0.4, -0.2) is 58.4 Å². The van der Waals surface area contributed by atoms with Gasteiger partial charge in [0.15, 0.2) is 5.78 Å². The van der Waals surface area contributed by atoms with Crippen LogP contribution < -0.4 is 0 Å². The van der Waals surface area contributed by atoms with E-state index in [1.165, 1.54) is 22.8 Å². The highest BCUT2D eigenvalue weighted by Crippen LogP contribution is 2.29. The van der Waals surface area contributed by atoms with Gasteiger partial charge in [-0.15, -0.1) is 0 Å². The molecule has 0 amide bonds. The number of ketones is 1. The van der Waals surface area contributed by atoms with Gasteiger partial charge in [0.2, 0.25) is 0 Å². The summed E-state index contributed by atoms with van der Waals surface area (Å²) >= 11 is 0. The zero-order chi connectivity index (χ0) is 21.3. The van der Waals surface area contributed by atoms with Crippen molar-refractivity contribution in [2.75, 3.05) is 26.3 Å². The molecule has 30 heavy (non-hydrogen) atoms. The van der Waals surface area contributed by atoms with E-state index >= 15 is 0 Å². The number of carbonyl (C=O) groups excluding carboxylic acids is 1. The van der Waals surface area contributed by atoms with Crippen molar-refractivity contribution in [2.45, 2.75) is 25.5 Å². The Morgan fingerprint density at radius 1 is 1.10 bits per heavy atom. The van der Waals surface area contributed by atoms with Crippen molar-refractivity contribution in [2.24, 2.45) is 0 Å².